The van der Waals surface area contributed by atoms with Gasteiger partial charge < -0.3 is 0 Å². The molecular weight excluding hydrogens is 236 g/mol. The zero-order chi connectivity index (χ0) is 13.4. The predicted molar refractivity (Wildman–Crippen MR) is 79.0 cm³/mol. The van der Waals surface area contributed by atoms with Gasteiger partial charge in [0, 0.05) is 0 Å². The van der Waals surface area contributed by atoms with Gasteiger partial charge in [0.05, 0.1) is 6.61 Å². The van der Waals surface area contributed by atoms with Crippen molar-refractivity contribution in [3.05, 3.63) is 0 Å². The maximum absolute atomic E-state index is 5.81. The van der Waals surface area contributed by atoms with E-state index in [4.69, 9.17) is 9.78 Å². The van der Waals surface area contributed by atoms with Crippen LogP contribution in [-0.4, -0.2) is 12.2 Å². The molecule has 112 valence electrons. The molecule has 1 heterocycles. The molecule has 2 nitrogen and oxygen atoms in total. The molecule has 2 unspecified atom stereocenters. The lowest BCUT2D eigenvalue weighted by atomic mass is 9.71. The zero-order valence-electron chi connectivity index (χ0n) is 12.8. The van der Waals surface area contributed by atoms with Crippen molar-refractivity contribution in [3.63, 3.8) is 0 Å². The first-order chi connectivity index (χ1) is 9.37. The Bertz CT molecular complexity index is 227. The van der Waals surface area contributed by atoms with Gasteiger partial charge in [-0.1, -0.05) is 64.7 Å². The van der Waals surface area contributed by atoms with Gasteiger partial charge in [0.25, 0.3) is 0 Å². The van der Waals surface area contributed by atoms with E-state index < -0.39 is 0 Å². The Labute approximate surface area is 119 Å². The highest BCUT2D eigenvalue weighted by Gasteiger charge is 2.44. The summed E-state index contributed by atoms with van der Waals surface area (Å²) >= 11 is 0. The smallest absolute Gasteiger partial charge is 0.106 e. The summed E-state index contributed by atoms with van der Waals surface area (Å²) in [7, 11) is 0. The number of hydrogen-bond acceptors (Lipinski definition) is 2. The van der Waals surface area contributed by atoms with Crippen LogP contribution < -0.4 is 0 Å². The van der Waals surface area contributed by atoms with Crippen LogP contribution >= 0.6 is 0 Å². The second-order valence-electron chi connectivity index (χ2n) is 6.57. The predicted octanol–water partition coefficient (Wildman–Crippen LogP) is 5.41. The second kappa shape index (κ2) is 8.26. The summed E-state index contributed by atoms with van der Waals surface area (Å²) in [4.78, 5) is 11.2. The topological polar surface area (TPSA) is 18.5 Å². The molecule has 19 heavy (non-hydrogen) atoms. The molecular formula is C17H32O2. The lowest BCUT2D eigenvalue weighted by Crippen LogP contribution is -2.47. The lowest BCUT2D eigenvalue weighted by Gasteiger charge is -2.45. The molecule has 2 rings (SSSR count). The Morgan fingerprint density at radius 2 is 1.74 bits per heavy atom. The summed E-state index contributed by atoms with van der Waals surface area (Å²) < 4.78 is 0. The molecule has 1 saturated carbocycles. The van der Waals surface area contributed by atoms with Gasteiger partial charge in [-0.25, -0.2) is 9.78 Å². The molecule has 1 saturated heterocycles. The minimum atomic E-state index is 0.0971. The highest BCUT2D eigenvalue weighted by Crippen LogP contribution is 2.44. The number of hydrogen-bond donors (Lipinski definition) is 0. The van der Waals surface area contributed by atoms with Crippen LogP contribution in [0.25, 0.3) is 0 Å². The van der Waals surface area contributed by atoms with Crippen LogP contribution in [0, 0.1) is 5.92 Å². The Balaban J connectivity index is 1.64. The third-order valence-corrected chi connectivity index (χ3v) is 5.12. The van der Waals surface area contributed by atoms with Crippen LogP contribution in [0.4, 0.5) is 0 Å². The van der Waals surface area contributed by atoms with Crippen LogP contribution in [-0.2, 0) is 9.78 Å². The van der Waals surface area contributed by atoms with Crippen LogP contribution in [0.15, 0.2) is 0 Å². The van der Waals surface area contributed by atoms with E-state index in [0.717, 1.165) is 12.5 Å². The molecule has 2 aliphatic rings. The second-order valence-corrected chi connectivity index (χ2v) is 6.57. The van der Waals surface area contributed by atoms with E-state index in [-0.39, 0.29) is 5.60 Å². The quantitative estimate of drug-likeness (QED) is 0.433. The molecule has 0 radical (unpaired) electrons. The monoisotopic (exact) mass is 268 g/mol. The third-order valence-electron chi connectivity index (χ3n) is 5.12. The Morgan fingerprint density at radius 1 is 0.947 bits per heavy atom. The zero-order valence-corrected chi connectivity index (χ0v) is 12.8. The van der Waals surface area contributed by atoms with Gasteiger partial charge in [-0.2, -0.15) is 0 Å². The van der Waals surface area contributed by atoms with Gasteiger partial charge in [-0.05, 0) is 31.6 Å². The first kappa shape index (κ1) is 15.3. The summed E-state index contributed by atoms with van der Waals surface area (Å²) in [6.07, 6.45) is 17.5. The average molecular weight is 268 g/mol. The highest BCUT2D eigenvalue weighted by atomic mass is 17.2. The van der Waals surface area contributed by atoms with Crippen LogP contribution in [0.3, 0.4) is 0 Å². The highest BCUT2D eigenvalue weighted by molar-refractivity contribution is 4.92. The number of fused-ring (bicyclic) bond motifs is 1. The van der Waals surface area contributed by atoms with E-state index in [1.54, 1.807) is 0 Å². The summed E-state index contributed by atoms with van der Waals surface area (Å²) in [5, 5.41) is 0. The molecule has 0 amide bonds. The first-order valence-electron chi connectivity index (χ1n) is 8.68. The van der Waals surface area contributed by atoms with E-state index in [1.807, 2.05) is 0 Å². The minimum absolute atomic E-state index is 0.0971. The molecule has 2 heteroatoms. The van der Waals surface area contributed by atoms with Gasteiger partial charge in [0.2, 0.25) is 0 Å². The van der Waals surface area contributed by atoms with E-state index in [2.05, 4.69) is 6.92 Å². The van der Waals surface area contributed by atoms with Crippen molar-refractivity contribution in [2.75, 3.05) is 6.61 Å². The fourth-order valence-electron chi connectivity index (χ4n) is 3.90. The molecule has 0 aromatic carbocycles. The first-order valence-corrected chi connectivity index (χ1v) is 8.68. The van der Waals surface area contributed by atoms with Crippen molar-refractivity contribution in [2.45, 2.75) is 96.0 Å². The standard InChI is InChI=1S/C17H32O2/c1-2-3-4-5-6-7-9-13-17-14-10-8-11-16(17)12-15-18-19-17/h16H,2-15H2,1H3. The Morgan fingerprint density at radius 3 is 2.58 bits per heavy atom. The molecule has 0 aromatic heterocycles. The van der Waals surface area contributed by atoms with Crippen LogP contribution in [0.2, 0.25) is 0 Å². The van der Waals surface area contributed by atoms with E-state index in [9.17, 15) is 0 Å². The van der Waals surface area contributed by atoms with Gasteiger partial charge in [-0.3, -0.25) is 0 Å². The summed E-state index contributed by atoms with van der Waals surface area (Å²) in [5.74, 6) is 0.773. The Kier molecular flexibility index (Phi) is 6.66. The van der Waals surface area contributed by atoms with E-state index in [1.165, 1.54) is 83.5 Å². The molecule has 2 atom stereocenters. The van der Waals surface area contributed by atoms with Crippen molar-refractivity contribution < 1.29 is 9.78 Å². The molecule has 2 fully saturated rings. The summed E-state index contributed by atoms with van der Waals surface area (Å²) in [5.41, 5.74) is 0.0971. The largest absolute Gasteiger partial charge is 0.236 e. The van der Waals surface area contributed by atoms with Crippen molar-refractivity contribution in [2.24, 2.45) is 5.92 Å². The maximum Gasteiger partial charge on any atom is 0.106 e. The van der Waals surface area contributed by atoms with Crippen molar-refractivity contribution in [3.8, 4) is 0 Å². The molecule has 1 aliphatic carbocycles. The fraction of sp³-hybridized carbons (Fsp3) is 1.00. The maximum atomic E-state index is 5.81. The molecule has 0 bridgehead atoms. The van der Waals surface area contributed by atoms with Crippen LogP contribution in [0.5, 0.6) is 0 Å². The Hall–Kier alpha value is -0.0800. The molecule has 1 aliphatic heterocycles. The lowest BCUT2D eigenvalue weighted by molar-refractivity contribution is -0.406. The van der Waals surface area contributed by atoms with Gasteiger partial charge in [-0.15, -0.1) is 0 Å². The normalized spacial score (nSPS) is 31.1. The third kappa shape index (κ3) is 4.46. The fourth-order valence-corrected chi connectivity index (χ4v) is 3.90. The molecule has 0 spiro atoms. The SMILES string of the molecule is CCCCCCCCCC12CCCCC1CCOO2. The van der Waals surface area contributed by atoms with Crippen LogP contribution in [0.1, 0.15) is 90.4 Å². The number of rotatable bonds is 8. The van der Waals surface area contributed by atoms with E-state index in [0.29, 0.717) is 0 Å². The summed E-state index contributed by atoms with van der Waals surface area (Å²) in [6.45, 7) is 3.09. The van der Waals surface area contributed by atoms with Gasteiger partial charge >= 0.3 is 0 Å². The molecule has 0 N–H and O–H groups in total. The van der Waals surface area contributed by atoms with E-state index >= 15 is 0 Å². The van der Waals surface area contributed by atoms with Crippen molar-refractivity contribution in [1.29, 1.82) is 0 Å². The summed E-state index contributed by atoms with van der Waals surface area (Å²) in [6, 6.07) is 0. The van der Waals surface area contributed by atoms with Crippen molar-refractivity contribution in [1.82, 2.24) is 0 Å². The average Bonchev–Trinajstić information content (AvgIpc) is 2.46. The van der Waals surface area contributed by atoms with Gasteiger partial charge in [0.15, 0.2) is 0 Å². The minimum Gasteiger partial charge on any atom is -0.236 e. The van der Waals surface area contributed by atoms with Gasteiger partial charge in [0.1, 0.15) is 5.60 Å². The number of unbranched alkanes of at least 4 members (excludes halogenated alkanes) is 6. The van der Waals surface area contributed by atoms with Crippen molar-refractivity contribution >= 4 is 0 Å². The molecule has 0 aromatic rings.